The number of alkyl halides is 3. The molecule has 2 atom stereocenters. The number of urea groups is 1. The maximum atomic E-state index is 13.4. The van der Waals surface area contributed by atoms with Crippen molar-refractivity contribution in [1.82, 2.24) is 15.0 Å². The molecule has 2 aliphatic heterocycles. The number of amides is 2. The standard InChI is InChI=1S/C24H23F3N6O4/c25-24(26,27)15-3-1-2-14(8-15)21-29-10-19-22(31-21)33(17-6-7-32(19)11-17)23(36)30-16-4-5-20(28-9-16)37-13-18(35)12-34/h1-5,8-10,17-18,34-35H,6-7,11-13H2,(H,30,36)/t17-,18-/m0/s1. The molecule has 2 aliphatic rings. The van der Waals surface area contributed by atoms with Crippen molar-refractivity contribution in [2.24, 2.45) is 0 Å². The molecule has 4 heterocycles. The lowest BCUT2D eigenvalue weighted by Crippen LogP contribution is -2.48. The van der Waals surface area contributed by atoms with Crippen LogP contribution in [0.4, 0.5) is 35.2 Å². The molecule has 10 nitrogen and oxygen atoms in total. The predicted molar refractivity (Wildman–Crippen MR) is 127 cm³/mol. The molecule has 0 aliphatic carbocycles. The van der Waals surface area contributed by atoms with Gasteiger partial charge in [0, 0.05) is 24.7 Å². The summed E-state index contributed by atoms with van der Waals surface area (Å²) in [5.41, 5.74) is 0.394. The van der Waals surface area contributed by atoms with Gasteiger partial charge >= 0.3 is 12.2 Å². The maximum Gasteiger partial charge on any atom is 0.416 e. The third-order valence-corrected chi connectivity index (χ3v) is 6.14. The van der Waals surface area contributed by atoms with E-state index in [-0.39, 0.29) is 29.9 Å². The van der Waals surface area contributed by atoms with Crippen molar-refractivity contribution < 1.29 is 32.9 Å². The van der Waals surface area contributed by atoms with E-state index in [1.807, 2.05) is 4.90 Å². The Balaban J connectivity index is 1.39. The van der Waals surface area contributed by atoms with Crippen LogP contribution in [0.25, 0.3) is 11.4 Å². The lowest BCUT2D eigenvalue weighted by Gasteiger charge is -2.35. The van der Waals surface area contributed by atoms with Crippen LogP contribution in [0, 0.1) is 0 Å². The molecular formula is C24H23F3N6O4. The van der Waals surface area contributed by atoms with Gasteiger partial charge in [0.2, 0.25) is 5.88 Å². The molecule has 2 bridgehead atoms. The molecule has 13 heteroatoms. The number of nitrogens with zero attached hydrogens (tertiary/aromatic N) is 5. The summed E-state index contributed by atoms with van der Waals surface area (Å²) in [7, 11) is 0. The molecule has 0 spiro atoms. The van der Waals surface area contributed by atoms with E-state index >= 15 is 0 Å². The highest BCUT2D eigenvalue weighted by Crippen LogP contribution is 2.40. The van der Waals surface area contributed by atoms with Gasteiger partial charge in [-0.15, -0.1) is 0 Å². The summed E-state index contributed by atoms with van der Waals surface area (Å²) in [6.45, 7) is 0.709. The van der Waals surface area contributed by atoms with Crippen LogP contribution in [-0.4, -0.2) is 69.6 Å². The van der Waals surface area contributed by atoms with Gasteiger partial charge in [-0.1, -0.05) is 12.1 Å². The van der Waals surface area contributed by atoms with E-state index in [1.165, 1.54) is 35.5 Å². The van der Waals surface area contributed by atoms with Gasteiger partial charge in [-0.2, -0.15) is 13.2 Å². The fourth-order valence-electron chi connectivity index (χ4n) is 4.30. The second-order valence-corrected chi connectivity index (χ2v) is 8.70. The van der Waals surface area contributed by atoms with E-state index in [1.54, 1.807) is 6.07 Å². The zero-order valence-corrected chi connectivity index (χ0v) is 19.4. The van der Waals surface area contributed by atoms with Gasteiger partial charge in [0.1, 0.15) is 12.7 Å². The van der Waals surface area contributed by atoms with Crippen LogP contribution in [-0.2, 0) is 6.18 Å². The van der Waals surface area contributed by atoms with Crippen molar-refractivity contribution in [3.63, 3.8) is 0 Å². The molecule has 0 saturated carbocycles. The molecule has 37 heavy (non-hydrogen) atoms. The number of nitrogens with one attached hydrogen (secondary N) is 1. The number of aromatic nitrogens is 3. The van der Waals surface area contributed by atoms with Crippen molar-refractivity contribution in [2.45, 2.75) is 24.7 Å². The van der Waals surface area contributed by atoms with Gasteiger partial charge in [-0.25, -0.2) is 19.7 Å². The van der Waals surface area contributed by atoms with Gasteiger partial charge in [-0.05, 0) is 24.6 Å². The van der Waals surface area contributed by atoms with Crippen molar-refractivity contribution in [3.05, 3.63) is 54.4 Å². The van der Waals surface area contributed by atoms with Crippen molar-refractivity contribution in [3.8, 4) is 17.3 Å². The Kier molecular flexibility index (Phi) is 6.56. The van der Waals surface area contributed by atoms with Crippen LogP contribution < -0.4 is 19.9 Å². The van der Waals surface area contributed by atoms with E-state index in [4.69, 9.17) is 9.84 Å². The summed E-state index contributed by atoms with van der Waals surface area (Å²) < 4.78 is 44.9. The summed E-state index contributed by atoms with van der Waals surface area (Å²) in [4.78, 5) is 29.8. The number of carbonyl (C=O) groups is 1. The number of halogens is 3. The first-order valence-corrected chi connectivity index (χ1v) is 11.5. The second-order valence-electron chi connectivity index (χ2n) is 8.70. The fourth-order valence-corrected chi connectivity index (χ4v) is 4.30. The van der Waals surface area contributed by atoms with Crippen molar-refractivity contribution in [1.29, 1.82) is 0 Å². The molecule has 1 aromatic carbocycles. The number of fused-ring (bicyclic) bond motifs is 4. The number of aliphatic hydroxyl groups excluding tert-OH is 2. The summed E-state index contributed by atoms with van der Waals surface area (Å²) in [5, 5.41) is 21.0. The fraction of sp³-hybridized carbons (Fsp3) is 0.333. The second kappa shape index (κ2) is 9.82. The van der Waals surface area contributed by atoms with Gasteiger partial charge in [-0.3, -0.25) is 4.90 Å². The minimum atomic E-state index is -4.51. The minimum Gasteiger partial charge on any atom is -0.475 e. The molecule has 3 N–H and O–H groups in total. The monoisotopic (exact) mass is 516 g/mol. The highest BCUT2D eigenvalue weighted by molar-refractivity contribution is 6.04. The molecule has 0 unspecified atom stereocenters. The van der Waals surface area contributed by atoms with Gasteiger partial charge in [0.05, 0.1) is 42.0 Å². The third kappa shape index (κ3) is 5.13. The summed E-state index contributed by atoms with van der Waals surface area (Å²) in [5.74, 6) is 0.608. The summed E-state index contributed by atoms with van der Waals surface area (Å²) in [6.07, 6.45) is -1.92. The molecular weight excluding hydrogens is 493 g/mol. The number of pyridine rings is 1. The maximum absolute atomic E-state index is 13.4. The number of aliphatic hydroxyl groups is 2. The van der Waals surface area contributed by atoms with E-state index in [0.717, 1.165) is 12.1 Å². The van der Waals surface area contributed by atoms with Crippen LogP contribution >= 0.6 is 0 Å². The zero-order valence-electron chi connectivity index (χ0n) is 19.4. The Labute approximate surface area is 209 Å². The minimum absolute atomic E-state index is 0.0818. The lowest BCUT2D eigenvalue weighted by molar-refractivity contribution is -0.137. The Morgan fingerprint density at radius 1 is 1.22 bits per heavy atom. The highest BCUT2D eigenvalue weighted by atomic mass is 19.4. The molecule has 2 aromatic heterocycles. The first-order chi connectivity index (χ1) is 17.7. The topological polar surface area (TPSA) is 124 Å². The number of hydrogen-bond donors (Lipinski definition) is 3. The Morgan fingerprint density at radius 3 is 2.78 bits per heavy atom. The average Bonchev–Trinajstić information content (AvgIpc) is 3.31. The molecule has 2 amide bonds. The Bertz CT molecular complexity index is 1290. The third-order valence-electron chi connectivity index (χ3n) is 6.14. The van der Waals surface area contributed by atoms with E-state index in [2.05, 4.69) is 20.3 Å². The van der Waals surface area contributed by atoms with Crippen molar-refractivity contribution in [2.75, 3.05) is 41.4 Å². The average molecular weight is 516 g/mol. The van der Waals surface area contributed by atoms with Gasteiger partial charge in [0.25, 0.3) is 0 Å². The van der Waals surface area contributed by atoms with Crippen molar-refractivity contribution >= 4 is 23.2 Å². The number of rotatable bonds is 6. The molecule has 194 valence electrons. The summed E-state index contributed by atoms with van der Waals surface area (Å²) in [6, 6.07) is 7.20. The van der Waals surface area contributed by atoms with Crippen LogP contribution in [0.5, 0.6) is 5.88 Å². The van der Waals surface area contributed by atoms with Crippen LogP contribution in [0.3, 0.4) is 0 Å². The molecule has 1 saturated heterocycles. The quantitative estimate of drug-likeness (QED) is 0.457. The van der Waals surface area contributed by atoms with E-state index < -0.39 is 30.5 Å². The normalized spacial score (nSPS) is 17.4. The molecule has 3 aromatic rings. The largest absolute Gasteiger partial charge is 0.475 e. The Morgan fingerprint density at radius 2 is 2.05 bits per heavy atom. The smallest absolute Gasteiger partial charge is 0.416 e. The first-order valence-electron chi connectivity index (χ1n) is 11.5. The SMILES string of the molecule is O=C(Nc1ccc(OC[C@@H](O)CO)nc1)N1c2nc(-c3cccc(C(F)(F)F)c3)ncc2N2CC[C@H]1C2. The number of carbonyl (C=O) groups excluding carboxylic acids is 1. The molecule has 1 fully saturated rings. The van der Waals surface area contributed by atoms with Gasteiger partial charge in [0.15, 0.2) is 11.6 Å². The Hall–Kier alpha value is -3.97. The zero-order chi connectivity index (χ0) is 26.2. The van der Waals surface area contributed by atoms with E-state index in [9.17, 15) is 23.1 Å². The van der Waals surface area contributed by atoms with Crippen LogP contribution in [0.15, 0.2) is 48.8 Å². The summed E-state index contributed by atoms with van der Waals surface area (Å²) >= 11 is 0. The number of anilines is 3. The first kappa shape index (κ1) is 24.7. The highest BCUT2D eigenvalue weighted by Gasteiger charge is 2.41. The van der Waals surface area contributed by atoms with E-state index in [0.29, 0.717) is 36.7 Å². The lowest BCUT2D eigenvalue weighted by atomic mass is 10.1. The van der Waals surface area contributed by atoms with Gasteiger partial charge < -0.3 is 25.2 Å². The van der Waals surface area contributed by atoms with Crippen LogP contribution in [0.2, 0.25) is 0 Å². The van der Waals surface area contributed by atoms with Crippen LogP contribution in [0.1, 0.15) is 12.0 Å². The molecule has 5 rings (SSSR count). The number of hydrogen-bond acceptors (Lipinski definition) is 8. The number of ether oxygens (including phenoxy) is 1. The number of benzene rings is 1. The predicted octanol–water partition coefficient (Wildman–Crippen LogP) is 2.92. The molecule has 0 radical (unpaired) electrons.